The molecule has 5 nitrogen and oxygen atoms in total. The van der Waals surface area contributed by atoms with Gasteiger partial charge in [0.15, 0.2) is 0 Å². The topological polar surface area (TPSA) is 84.2 Å². The molecule has 0 aliphatic carbocycles. The van der Waals surface area contributed by atoms with Crippen molar-refractivity contribution in [3.8, 4) is 0 Å². The maximum absolute atomic E-state index is 12.0. The van der Waals surface area contributed by atoms with Gasteiger partial charge in [0, 0.05) is 13.1 Å². The molecule has 0 radical (unpaired) electrons. The number of benzene rings is 1. The van der Waals surface area contributed by atoms with E-state index >= 15 is 0 Å². The van der Waals surface area contributed by atoms with E-state index in [-0.39, 0.29) is 24.9 Å². The van der Waals surface area contributed by atoms with Gasteiger partial charge in [-0.1, -0.05) is 44.2 Å². The monoisotopic (exact) mass is 277 g/mol. The molecule has 2 amide bonds. The van der Waals surface area contributed by atoms with Gasteiger partial charge in [-0.25, -0.2) is 0 Å². The predicted octanol–water partition coefficient (Wildman–Crippen LogP) is 0.617. The van der Waals surface area contributed by atoms with Crippen molar-refractivity contribution < 1.29 is 9.59 Å². The Labute approximate surface area is 119 Å². The Hall–Kier alpha value is -1.88. The van der Waals surface area contributed by atoms with Crippen LogP contribution >= 0.6 is 0 Å². The molecule has 1 rings (SSSR count). The second-order valence-corrected chi connectivity index (χ2v) is 5.11. The van der Waals surface area contributed by atoms with Crippen LogP contribution in [0.4, 0.5) is 0 Å². The molecule has 5 heteroatoms. The molecular formula is C15H23N3O2. The van der Waals surface area contributed by atoms with E-state index in [1.807, 2.05) is 44.2 Å². The first kappa shape index (κ1) is 16.2. The van der Waals surface area contributed by atoms with E-state index in [2.05, 4.69) is 10.6 Å². The molecule has 0 bridgehead atoms. The maximum Gasteiger partial charge on any atom is 0.239 e. The molecule has 0 saturated heterocycles. The van der Waals surface area contributed by atoms with Gasteiger partial charge in [0.2, 0.25) is 11.8 Å². The molecule has 1 atom stereocenters. The Bertz CT molecular complexity index is 432. The molecule has 1 unspecified atom stereocenters. The minimum absolute atomic E-state index is 0.0190. The Morgan fingerprint density at radius 3 is 2.35 bits per heavy atom. The first-order chi connectivity index (χ1) is 9.54. The number of carbonyl (C=O) groups is 2. The smallest absolute Gasteiger partial charge is 0.239 e. The van der Waals surface area contributed by atoms with E-state index in [9.17, 15) is 9.59 Å². The van der Waals surface area contributed by atoms with Crippen LogP contribution in [0.3, 0.4) is 0 Å². The van der Waals surface area contributed by atoms with Crippen LogP contribution in [0.1, 0.15) is 25.3 Å². The number of amides is 2. The van der Waals surface area contributed by atoms with Crippen LogP contribution in [-0.4, -0.2) is 31.4 Å². The van der Waals surface area contributed by atoms with Crippen molar-refractivity contribution >= 4 is 11.8 Å². The summed E-state index contributed by atoms with van der Waals surface area (Å²) in [6.07, 6.45) is 0. The lowest BCUT2D eigenvalue weighted by atomic mass is 9.98. The molecule has 0 spiro atoms. The van der Waals surface area contributed by atoms with Crippen molar-refractivity contribution in [2.45, 2.75) is 19.8 Å². The molecule has 0 aliphatic rings. The molecule has 20 heavy (non-hydrogen) atoms. The second-order valence-electron chi connectivity index (χ2n) is 5.11. The van der Waals surface area contributed by atoms with Crippen molar-refractivity contribution in [3.63, 3.8) is 0 Å². The Balaban J connectivity index is 2.46. The summed E-state index contributed by atoms with van der Waals surface area (Å²) in [5, 5.41) is 5.37. The largest absolute Gasteiger partial charge is 0.354 e. The first-order valence-electron chi connectivity index (χ1n) is 6.84. The zero-order chi connectivity index (χ0) is 15.0. The highest BCUT2D eigenvalue weighted by Crippen LogP contribution is 2.13. The minimum atomic E-state index is -0.422. The molecule has 4 N–H and O–H groups in total. The van der Waals surface area contributed by atoms with E-state index in [4.69, 9.17) is 5.73 Å². The number of nitrogens with one attached hydrogen (secondary N) is 2. The number of nitrogens with two attached hydrogens (primary N) is 1. The third-order valence-corrected chi connectivity index (χ3v) is 2.88. The third kappa shape index (κ3) is 5.40. The highest BCUT2D eigenvalue weighted by atomic mass is 16.2. The lowest BCUT2D eigenvalue weighted by Crippen LogP contribution is -2.41. The molecule has 0 aliphatic heterocycles. The molecule has 1 aromatic rings. The highest BCUT2D eigenvalue weighted by Gasteiger charge is 2.19. The summed E-state index contributed by atoms with van der Waals surface area (Å²) in [7, 11) is 0. The van der Waals surface area contributed by atoms with Gasteiger partial charge < -0.3 is 16.4 Å². The number of hydrogen-bond acceptors (Lipinski definition) is 3. The molecule has 0 heterocycles. The average Bonchev–Trinajstić information content (AvgIpc) is 2.45. The van der Waals surface area contributed by atoms with Gasteiger partial charge in [0.1, 0.15) is 0 Å². The molecule has 0 saturated carbocycles. The van der Waals surface area contributed by atoms with Crippen LogP contribution in [-0.2, 0) is 9.59 Å². The van der Waals surface area contributed by atoms with E-state index < -0.39 is 5.92 Å². The van der Waals surface area contributed by atoms with E-state index in [1.165, 1.54) is 0 Å². The second kappa shape index (κ2) is 8.32. The predicted molar refractivity (Wildman–Crippen MR) is 79.1 cm³/mol. The lowest BCUT2D eigenvalue weighted by Gasteiger charge is -2.15. The summed E-state index contributed by atoms with van der Waals surface area (Å²) in [6, 6.07) is 9.32. The van der Waals surface area contributed by atoms with Gasteiger partial charge >= 0.3 is 0 Å². The van der Waals surface area contributed by atoms with Crippen LogP contribution in [0, 0.1) is 5.92 Å². The fourth-order valence-corrected chi connectivity index (χ4v) is 1.75. The van der Waals surface area contributed by atoms with Crippen molar-refractivity contribution in [2.24, 2.45) is 11.7 Å². The SMILES string of the molecule is CC(C)CNC(=O)CNC(=O)C(CN)c1ccccc1. The number of carbonyl (C=O) groups excluding carboxylic acids is 2. The third-order valence-electron chi connectivity index (χ3n) is 2.88. The van der Waals surface area contributed by atoms with Gasteiger partial charge in [-0.3, -0.25) is 9.59 Å². The fraction of sp³-hybridized carbons (Fsp3) is 0.467. The fourth-order valence-electron chi connectivity index (χ4n) is 1.75. The molecule has 1 aromatic carbocycles. The molecule has 0 aromatic heterocycles. The Morgan fingerprint density at radius 1 is 1.15 bits per heavy atom. The van der Waals surface area contributed by atoms with E-state index in [0.29, 0.717) is 12.5 Å². The minimum Gasteiger partial charge on any atom is -0.354 e. The van der Waals surface area contributed by atoms with Crippen LogP contribution in [0.25, 0.3) is 0 Å². The molecule has 0 fully saturated rings. The summed E-state index contributed by atoms with van der Waals surface area (Å²) in [4.78, 5) is 23.6. The van der Waals surface area contributed by atoms with Crippen molar-refractivity contribution in [3.05, 3.63) is 35.9 Å². The van der Waals surface area contributed by atoms with Gasteiger partial charge in [0.05, 0.1) is 12.5 Å². The average molecular weight is 277 g/mol. The Kier molecular flexibility index (Phi) is 6.73. The summed E-state index contributed by atoms with van der Waals surface area (Å²) in [5.74, 6) is -0.445. The van der Waals surface area contributed by atoms with Crippen LogP contribution in [0.2, 0.25) is 0 Å². The normalized spacial score (nSPS) is 12.0. The zero-order valence-electron chi connectivity index (χ0n) is 12.1. The van der Waals surface area contributed by atoms with Gasteiger partial charge in [-0.15, -0.1) is 0 Å². The van der Waals surface area contributed by atoms with E-state index in [1.54, 1.807) is 0 Å². The number of hydrogen-bond donors (Lipinski definition) is 3. The standard InChI is InChI=1S/C15H23N3O2/c1-11(2)9-17-14(19)10-18-15(20)13(8-16)12-6-4-3-5-7-12/h3-7,11,13H,8-10,16H2,1-2H3,(H,17,19)(H,18,20). The van der Waals surface area contributed by atoms with Crippen LogP contribution in [0.5, 0.6) is 0 Å². The zero-order valence-corrected chi connectivity index (χ0v) is 12.1. The van der Waals surface area contributed by atoms with Crippen LogP contribution < -0.4 is 16.4 Å². The summed E-state index contributed by atoms with van der Waals surface area (Å²) in [6.45, 7) is 4.82. The van der Waals surface area contributed by atoms with Crippen molar-refractivity contribution in [1.29, 1.82) is 0 Å². The highest BCUT2D eigenvalue weighted by molar-refractivity contribution is 5.88. The summed E-state index contributed by atoms with van der Waals surface area (Å²) < 4.78 is 0. The van der Waals surface area contributed by atoms with E-state index in [0.717, 1.165) is 5.56 Å². The number of rotatable bonds is 7. The summed E-state index contributed by atoms with van der Waals surface area (Å²) >= 11 is 0. The Morgan fingerprint density at radius 2 is 1.80 bits per heavy atom. The van der Waals surface area contributed by atoms with Gasteiger partial charge in [0.25, 0.3) is 0 Å². The van der Waals surface area contributed by atoms with Gasteiger partial charge in [-0.2, -0.15) is 0 Å². The first-order valence-corrected chi connectivity index (χ1v) is 6.84. The quantitative estimate of drug-likeness (QED) is 0.683. The molecular weight excluding hydrogens is 254 g/mol. The van der Waals surface area contributed by atoms with Crippen molar-refractivity contribution in [1.82, 2.24) is 10.6 Å². The van der Waals surface area contributed by atoms with Gasteiger partial charge in [-0.05, 0) is 11.5 Å². The lowest BCUT2D eigenvalue weighted by molar-refractivity contribution is -0.126. The summed E-state index contributed by atoms with van der Waals surface area (Å²) in [5.41, 5.74) is 6.51. The molecule has 110 valence electrons. The maximum atomic E-state index is 12.0. The van der Waals surface area contributed by atoms with Crippen molar-refractivity contribution in [2.75, 3.05) is 19.6 Å². The van der Waals surface area contributed by atoms with Crippen LogP contribution in [0.15, 0.2) is 30.3 Å².